The second-order valence-corrected chi connectivity index (χ2v) is 6.08. The Hall–Kier alpha value is -1.10. The van der Waals surface area contributed by atoms with Crippen molar-refractivity contribution in [3.8, 4) is 0 Å². The number of carbonyl (C=O) groups excluding carboxylic acids is 1. The van der Waals surface area contributed by atoms with Crippen molar-refractivity contribution in [2.75, 3.05) is 19.7 Å². The third-order valence-electron chi connectivity index (χ3n) is 4.94. The van der Waals surface area contributed by atoms with Crippen LogP contribution in [0.3, 0.4) is 0 Å². The fourth-order valence-corrected chi connectivity index (χ4v) is 3.20. The molecule has 1 fully saturated rings. The van der Waals surface area contributed by atoms with E-state index in [1.807, 2.05) is 13.0 Å². The molecule has 0 radical (unpaired) electrons. The zero-order chi connectivity index (χ0) is 16.0. The van der Waals surface area contributed by atoms with Crippen molar-refractivity contribution in [3.05, 3.63) is 35.9 Å². The zero-order valence-corrected chi connectivity index (χ0v) is 15.1. The van der Waals surface area contributed by atoms with Crippen LogP contribution < -0.4 is 10.6 Å². The van der Waals surface area contributed by atoms with E-state index in [-0.39, 0.29) is 35.9 Å². The van der Waals surface area contributed by atoms with Crippen LogP contribution in [-0.2, 0) is 14.9 Å². The van der Waals surface area contributed by atoms with Gasteiger partial charge in [0.05, 0.1) is 12.7 Å². The Labute approximate surface area is 145 Å². The summed E-state index contributed by atoms with van der Waals surface area (Å²) in [5.41, 5.74) is 1.29. The molecule has 4 nitrogen and oxygen atoms in total. The molecule has 1 aliphatic rings. The Morgan fingerprint density at radius 3 is 2.52 bits per heavy atom. The lowest BCUT2D eigenvalue weighted by atomic mass is 9.75. The van der Waals surface area contributed by atoms with Gasteiger partial charge < -0.3 is 15.4 Å². The first-order chi connectivity index (χ1) is 10.6. The molecule has 1 aliphatic heterocycles. The van der Waals surface area contributed by atoms with E-state index in [1.54, 1.807) is 0 Å². The van der Waals surface area contributed by atoms with Crippen molar-refractivity contribution in [1.29, 1.82) is 0 Å². The van der Waals surface area contributed by atoms with Crippen LogP contribution in [0.1, 0.15) is 39.2 Å². The van der Waals surface area contributed by atoms with E-state index in [0.717, 1.165) is 19.4 Å². The fourth-order valence-electron chi connectivity index (χ4n) is 3.20. The number of nitrogens with one attached hydrogen (secondary N) is 2. The molecule has 0 bridgehead atoms. The van der Waals surface area contributed by atoms with Gasteiger partial charge in [-0.25, -0.2) is 0 Å². The second kappa shape index (κ2) is 9.26. The second-order valence-electron chi connectivity index (χ2n) is 6.08. The van der Waals surface area contributed by atoms with Gasteiger partial charge in [0.25, 0.3) is 0 Å². The van der Waals surface area contributed by atoms with E-state index in [9.17, 15) is 4.79 Å². The molecule has 0 spiro atoms. The van der Waals surface area contributed by atoms with Gasteiger partial charge in [-0.1, -0.05) is 44.2 Å². The molecule has 130 valence electrons. The van der Waals surface area contributed by atoms with Crippen LogP contribution in [0.5, 0.6) is 0 Å². The van der Waals surface area contributed by atoms with Crippen LogP contribution in [0.25, 0.3) is 0 Å². The zero-order valence-electron chi connectivity index (χ0n) is 14.3. The summed E-state index contributed by atoms with van der Waals surface area (Å²) in [5, 5.41) is 6.39. The quantitative estimate of drug-likeness (QED) is 0.837. The molecule has 2 atom stereocenters. The predicted octanol–water partition coefficient (Wildman–Crippen LogP) is 2.66. The molecule has 0 aromatic heterocycles. The summed E-state index contributed by atoms with van der Waals surface area (Å²) < 4.78 is 5.56. The minimum Gasteiger partial charge on any atom is -0.375 e. The van der Waals surface area contributed by atoms with Gasteiger partial charge in [-0.3, -0.25) is 4.79 Å². The van der Waals surface area contributed by atoms with E-state index in [2.05, 4.69) is 48.7 Å². The lowest BCUT2D eigenvalue weighted by molar-refractivity contribution is -0.129. The van der Waals surface area contributed by atoms with Crippen LogP contribution >= 0.6 is 12.4 Å². The standard InChI is InChI=1S/C18H28N2O2.ClH/c1-4-18(5-2,15-9-7-6-8-10-15)13-20-17(21)16-14(3)22-12-11-19-16;/h6-10,14,16,19H,4-5,11-13H2,1-3H3,(H,20,21);1H/t14-,16+;/m1./s1. The fraction of sp³-hybridized carbons (Fsp3) is 0.611. The summed E-state index contributed by atoms with van der Waals surface area (Å²) in [6.45, 7) is 8.38. The number of amides is 1. The van der Waals surface area contributed by atoms with Crippen LogP contribution in [0.2, 0.25) is 0 Å². The van der Waals surface area contributed by atoms with Crippen molar-refractivity contribution in [3.63, 3.8) is 0 Å². The van der Waals surface area contributed by atoms with E-state index in [0.29, 0.717) is 13.2 Å². The Morgan fingerprint density at radius 1 is 1.30 bits per heavy atom. The molecule has 0 aliphatic carbocycles. The molecular weight excluding hydrogens is 312 g/mol. The highest BCUT2D eigenvalue weighted by molar-refractivity contribution is 5.85. The molecular formula is C18H29ClN2O2. The number of benzene rings is 1. The lowest BCUT2D eigenvalue weighted by Crippen LogP contribution is -2.56. The number of rotatable bonds is 6. The molecule has 1 aromatic carbocycles. The molecule has 1 amide bonds. The first-order valence-electron chi connectivity index (χ1n) is 8.31. The summed E-state index contributed by atoms with van der Waals surface area (Å²) >= 11 is 0. The van der Waals surface area contributed by atoms with Gasteiger partial charge in [0, 0.05) is 18.5 Å². The van der Waals surface area contributed by atoms with Gasteiger partial charge >= 0.3 is 0 Å². The Morgan fingerprint density at radius 2 is 1.96 bits per heavy atom. The molecule has 0 saturated carbocycles. The molecule has 2 rings (SSSR count). The van der Waals surface area contributed by atoms with Crippen molar-refractivity contribution in [1.82, 2.24) is 10.6 Å². The Balaban J connectivity index is 0.00000264. The van der Waals surface area contributed by atoms with E-state index in [1.165, 1.54) is 5.56 Å². The topological polar surface area (TPSA) is 50.4 Å². The van der Waals surface area contributed by atoms with Crippen molar-refractivity contribution >= 4 is 18.3 Å². The molecule has 1 aromatic rings. The van der Waals surface area contributed by atoms with Crippen molar-refractivity contribution < 1.29 is 9.53 Å². The van der Waals surface area contributed by atoms with Crippen LogP contribution in [0.15, 0.2) is 30.3 Å². The van der Waals surface area contributed by atoms with Crippen LogP contribution in [0, 0.1) is 0 Å². The largest absolute Gasteiger partial charge is 0.375 e. The van der Waals surface area contributed by atoms with Crippen LogP contribution in [-0.4, -0.2) is 37.7 Å². The number of hydrogen-bond donors (Lipinski definition) is 2. The highest BCUT2D eigenvalue weighted by Crippen LogP contribution is 2.30. The first kappa shape index (κ1) is 19.9. The number of morpholine rings is 1. The highest BCUT2D eigenvalue weighted by Gasteiger charge is 2.32. The minimum atomic E-state index is -0.254. The molecule has 1 saturated heterocycles. The molecule has 0 unspecified atom stereocenters. The minimum absolute atomic E-state index is 0. The van der Waals surface area contributed by atoms with Gasteiger partial charge in [-0.15, -0.1) is 12.4 Å². The third-order valence-corrected chi connectivity index (χ3v) is 4.94. The number of carbonyl (C=O) groups is 1. The van der Waals surface area contributed by atoms with Crippen molar-refractivity contribution in [2.45, 2.75) is 51.2 Å². The summed E-state index contributed by atoms with van der Waals surface area (Å²) in [6.07, 6.45) is 1.92. The number of ether oxygens (including phenoxy) is 1. The third kappa shape index (κ3) is 4.69. The molecule has 5 heteroatoms. The first-order valence-corrected chi connectivity index (χ1v) is 8.31. The maximum absolute atomic E-state index is 12.5. The number of halogens is 1. The molecule has 1 heterocycles. The number of hydrogen-bond acceptors (Lipinski definition) is 3. The molecule has 2 N–H and O–H groups in total. The van der Waals surface area contributed by atoms with Gasteiger partial charge in [-0.05, 0) is 25.3 Å². The average Bonchev–Trinajstić information content (AvgIpc) is 2.57. The summed E-state index contributed by atoms with van der Waals surface area (Å²) in [5.74, 6) is 0.0365. The summed E-state index contributed by atoms with van der Waals surface area (Å²) in [4.78, 5) is 12.5. The monoisotopic (exact) mass is 340 g/mol. The van der Waals surface area contributed by atoms with Crippen molar-refractivity contribution in [2.24, 2.45) is 0 Å². The smallest absolute Gasteiger partial charge is 0.239 e. The Bertz CT molecular complexity index is 477. The predicted molar refractivity (Wildman–Crippen MR) is 96.2 cm³/mol. The highest BCUT2D eigenvalue weighted by atomic mass is 35.5. The van der Waals surface area contributed by atoms with E-state index in [4.69, 9.17) is 4.74 Å². The lowest BCUT2D eigenvalue weighted by Gasteiger charge is -2.35. The maximum Gasteiger partial charge on any atom is 0.239 e. The average molecular weight is 341 g/mol. The van der Waals surface area contributed by atoms with Gasteiger partial charge in [-0.2, -0.15) is 0 Å². The SMILES string of the molecule is CCC(CC)(CNC(=O)[C@H]1NCCO[C@@H]1C)c1ccccc1.Cl. The van der Waals surface area contributed by atoms with Gasteiger partial charge in [0.2, 0.25) is 5.91 Å². The van der Waals surface area contributed by atoms with E-state index >= 15 is 0 Å². The summed E-state index contributed by atoms with van der Waals surface area (Å²) in [6, 6.07) is 10.2. The normalized spacial score (nSPS) is 21.3. The maximum atomic E-state index is 12.5. The van der Waals surface area contributed by atoms with Gasteiger partial charge in [0.15, 0.2) is 0 Å². The summed E-state index contributed by atoms with van der Waals surface area (Å²) in [7, 11) is 0. The molecule has 23 heavy (non-hydrogen) atoms. The van der Waals surface area contributed by atoms with E-state index < -0.39 is 0 Å². The van der Waals surface area contributed by atoms with Crippen LogP contribution in [0.4, 0.5) is 0 Å². The van der Waals surface area contributed by atoms with Gasteiger partial charge in [0.1, 0.15) is 6.04 Å². The Kier molecular flexibility index (Phi) is 8.03.